The van der Waals surface area contributed by atoms with Gasteiger partial charge < -0.3 is 5.73 Å². The average molecular weight is 345 g/mol. The molecule has 0 amide bonds. The van der Waals surface area contributed by atoms with Gasteiger partial charge in [0.15, 0.2) is 9.84 Å². The van der Waals surface area contributed by atoms with E-state index < -0.39 is 14.6 Å². The Balaban J connectivity index is 0.00000176. The molecule has 1 aliphatic carbocycles. The highest BCUT2D eigenvalue weighted by atomic mass is 35.5. The number of nitrogens with two attached hydrogens (primary N) is 1. The summed E-state index contributed by atoms with van der Waals surface area (Å²) in [6.45, 7) is 2.12. The lowest BCUT2D eigenvalue weighted by Crippen LogP contribution is -2.56. The fourth-order valence-electron chi connectivity index (χ4n) is 3.80. The molecule has 0 atom stereocenters. The van der Waals surface area contributed by atoms with Crippen LogP contribution in [0.25, 0.3) is 0 Å². The number of anilines is 1. The lowest BCUT2D eigenvalue weighted by molar-refractivity contribution is 0.200. The smallest absolute Gasteiger partial charge is 0.158 e. The van der Waals surface area contributed by atoms with Crippen molar-refractivity contribution >= 4 is 27.9 Å². The molecular formula is C16H25ClN2O2S. The number of nitrogen functional groups attached to an aromatic ring is 1. The molecule has 1 heterocycles. The van der Waals surface area contributed by atoms with Crippen LogP contribution in [-0.4, -0.2) is 36.9 Å². The van der Waals surface area contributed by atoms with E-state index in [9.17, 15) is 8.42 Å². The van der Waals surface area contributed by atoms with E-state index >= 15 is 0 Å². The minimum atomic E-state index is -2.95. The minimum absolute atomic E-state index is 0. The standard InChI is InChI=1S/C16H24N2O2S.ClH/c17-15-6-4-5-14(11-15)12-18-9-10-21(19,20)16(13-18)7-2-1-3-8-16;/h4-6,11H,1-3,7-10,12-13,17H2;1H. The molecule has 1 spiro atoms. The Labute approximate surface area is 139 Å². The first kappa shape index (κ1) is 17.6. The number of hydrogen-bond acceptors (Lipinski definition) is 4. The summed E-state index contributed by atoms with van der Waals surface area (Å²) >= 11 is 0. The van der Waals surface area contributed by atoms with E-state index in [4.69, 9.17) is 5.73 Å². The van der Waals surface area contributed by atoms with Crippen LogP contribution in [0, 0.1) is 0 Å². The van der Waals surface area contributed by atoms with Gasteiger partial charge in [-0.3, -0.25) is 4.90 Å². The highest BCUT2D eigenvalue weighted by Gasteiger charge is 2.47. The van der Waals surface area contributed by atoms with E-state index in [1.165, 1.54) is 12.0 Å². The van der Waals surface area contributed by atoms with E-state index in [2.05, 4.69) is 11.0 Å². The van der Waals surface area contributed by atoms with Gasteiger partial charge in [-0.1, -0.05) is 31.4 Å². The molecule has 124 valence electrons. The van der Waals surface area contributed by atoms with Gasteiger partial charge in [0.2, 0.25) is 0 Å². The Bertz CT molecular complexity index is 612. The van der Waals surface area contributed by atoms with Crippen LogP contribution in [0.3, 0.4) is 0 Å². The molecule has 4 nitrogen and oxygen atoms in total. The van der Waals surface area contributed by atoms with Gasteiger partial charge in [-0.25, -0.2) is 8.42 Å². The quantitative estimate of drug-likeness (QED) is 0.838. The van der Waals surface area contributed by atoms with Crippen molar-refractivity contribution < 1.29 is 8.42 Å². The number of sulfone groups is 1. The predicted octanol–water partition coefficient (Wildman–Crippen LogP) is 2.62. The molecule has 0 aromatic heterocycles. The number of hydrogen-bond donors (Lipinski definition) is 1. The van der Waals surface area contributed by atoms with Crippen molar-refractivity contribution in [3.8, 4) is 0 Å². The lowest BCUT2D eigenvalue weighted by atomic mass is 9.87. The molecule has 0 radical (unpaired) electrons. The summed E-state index contributed by atoms with van der Waals surface area (Å²) in [6, 6.07) is 7.89. The zero-order valence-corrected chi connectivity index (χ0v) is 14.5. The van der Waals surface area contributed by atoms with Crippen molar-refractivity contribution in [3.05, 3.63) is 29.8 Å². The van der Waals surface area contributed by atoms with Gasteiger partial charge in [0.05, 0.1) is 10.5 Å². The zero-order valence-electron chi connectivity index (χ0n) is 12.8. The summed E-state index contributed by atoms with van der Waals surface area (Å²) in [5.74, 6) is 0.301. The summed E-state index contributed by atoms with van der Waals surface area (Å²) in [5.41, 5.74) is 7.76. The van der Waals surface area contributed by atoms with Gasteiger partial charge in [0, 0.05) is 25.3 Å². The highest BCUT2D eigenvalue weighted by molar-refractivity contribution is 7.92. The molecule has 1 aromatic rings. The molecule has 1 aromatic carbocycles. The number of benzene rings is 1. The topological polar surface area (TPSA) is 63.4 Å². The summed E-state index contributed by atoms with van der Waals surface area (Å²) in [6.07, 6.45) is 4.94. The Morgan fingerprint density at radius 3 is 2.59 bits per heavy atom. The van der Waals surface area contributed by atoms with E-state index in [-0.39, 0.29) is 12.4 Å². The van der Waals surface area contributed by atoms with E-state index in [0.717, 1.165) is 37.9 Å². The number of rotatable bonds is 2. The van der Waals surface area contributed by atoms with E-state index in [1.807, 2.05) is 18.2 Å². The van der Waals surface area contributed by atoms with Crippen molar-refractivity contribution in [2.24, 2.45) is 0 Å². The predicted molar refractivity (Wildman–Crippen MR) is 93.0 cm³/mol. The third kappa shape index (κ3) is 3.42. The zero-order chi connectivity index (χ0) is 14.9. The first-order valence-electron chi connectivity index (χ1n) is 7.80. The Kier molecular flexibility index (Phi) is 5.41. The third-order valence-corrected chi connectivity index (χ3v) is 7.55. The fourth-order valence-corrected chi connectivity index (χ4v) is 6.02. The molecule has 0 unspecified atom stereocenters. The van der Waals surface area contributed by atoms with Gasteiger partial charge in [-0.2, -0.15) is 0 Å². The van der Waals surface area contributed by atoms with E-state index in [0.29, 0.717) is 18.8 Å². The molecule has 2 aliphatic rings. The normalized spacial score (nSPS) is 23.8. The van der Waals surface area contributed by atoms with Gasteiger partial charge in [0.25, 0.3) is 0 Å². The van der Waals surface area contributed by atoms with Crippen LogP contribution < -0.4 is 5.73 Å². The molecule has 6 heteroatoms. The second-order valence-corrected chi connectivity index (χ2v) is 9.02. The van der Waals surface area contributed by atoms with Crippen molar-refractivity contribution in [1.29, 1.82) is 0 Å². The van der Waals surface area contributed by atoms with Crippen LogP contribution in [-0.2, 0) is 16.4 Å². The molecule has 1 aliphatic heterocycles. The molecule has 2 N–H and O–H groups in total. The maximum absolute atomic E-state index is 12.6. The van der Waals surface area contributed by atoms with Gasteiger partial charge in [-0.05, 0) is 30.5 Å². The third-order valence-electron chi connectivity index (χ3n) is 4.97. The van der Waals surface area contributed by atoms with Crippen LogP contribution in [0.5, 0.6) is 0 Å². The molecule has 1 saturated carbocycles. The molecular weight excluding hydrogens is 320 g/mol. The van der Waals surface area contributed by atoms with Crippen molar-refractivity contribution in [2.45, 2.75) is 43.4 Å². The first-order valence-corrected chi connectivity index (χ1v) is 9.45. The number of halogens is 1. The maximum atomic E-state index is 12.6. The van der Waals surface area contributed by atoms with Crippen LogP contribution in [0.15, 0.2) is 24.3 Å². The fraction of sp³-hybridized carbons (Fsp3) is 0.625. The average Bonchev–Trinajstić information content (AvgIpc) is 2.45. The SMILES string of the molecule is Cl.Nc1cccc(CN2CCS(=O)(=O)C3(CCCCC3)C2)c1. The Morgan fingerprint density at radius 1 is 1.18 bits per heavy atom. The molecule has 1 saturated heterocycles. The summed E-state index contributed by atoms with van der Waals surface area (Å²) in [5, 5.41) is 0. The van der Waals surface area contributed by atoms with Crippen LogP contribution >= 0.6 is 12.4 Å². The minimum Gasteiger partial charge on any atom is -0.399 e. The Hall–Kier alpha value is -0.780. The Morgan fingerprint density at radius 2 is 1.91 bits per heavy atom. The van der Waals surface area contributed by atoms with Crippen LogP contribution in [0.1, 0.15) is 37.7 Å². The molecule has 22 heavy (non-hydrogen) atoms. The van der Waals surface area contributed by atoms with E-state index in [1.54, 1.807) is 0 Å². The summed E-state index contributed by atoms with van der Waals surface area (Å²) in [4.78, 5) is 2.29. The number of nitrogens with zero attached hydrogens (tertiary/aromatic N) is 1. The van der Waals surface area contributed by atoms with Crippen molar-refractivity contribution in [1.82, 2.24) is 4.90 Å². The van der Waals surface area contributed by atoms with Crippen LogP contribution in [0.2, 0.25) is 0 Å². The highest BCUT2D eigenvalue weighted by Crippen LogP contribution is 2.39. The summed E-state index contributed by atoms with van der Waals surface area (Å²) < 4.78 is 24.6. The lowest BCUT2D eigenvalue weighted by Gasteiger charge is -2.44. The monoisotopic (exact) mass is 344 g/mol. The largest absolute Gasteiger partial charge is 0.399 e. The first-order chi connectivity index (χ1) is 10.0. The summed E-state index contributed by atoms with van der Waals surface area (Å²) in [7, 11) is -2.95. The van der Waals surface area contributed by atoms with Crippen LogP contribution in [0.4, 0.5) is 5.69 Å². The molecule has 0 bridgehead atoms. The van der Waals surface area contributed by atoms with Gasteiger partial charge in [0.1, 0.15) is 0 Å². The molecule has 3 rings (SSSR count). The molecule has 2 fully saturated rings. The second-order valence-electron chi connectivity index (χ2n) is 6.52. The maximum Gasteiger partial charge on any atom is 0.158 e. The second kappa shape index (κ2) is 6.77. The van der Waals surface area contributed by atoms with Crippen molar-refractivity contribution in [2.75, 3.05) is 24.6 Å². The van der Waals surface area contributed by atoms with Gasteiger partial charge in [-0.15, -0.1) is 12.4 Å². The van der Waals surface area contributed by atoms with Crippen molar-refractivity contribution in [3.63, 3.8) is 0 Å². The van der Waals surface area contributed by atoms with Gasteiger partial charge >= 0.3 is 0 Å².